The summed E-state index contributed by atoms with van der Waals surface area (Å²) in [4.78, 5) is 2.66. The lowest BCUT2D eigenvalue weighted by Gasteiger charge is -2.19. The minimum absolute atomic E-state index is 0.645. The third kappa shape index (κ3) is 4.99. The van der Waals surface area contributed by atoms with Gasteiger partial charge >= 0.3 is 0 Å². The maximum atomic E-state index is 2.66. The van der Waals surface area contributed by atoms with Crippen molar-refractivity contribution < 1.29 is 0 Å². The minimum Gasteiger partial charge on any atom is -0.303 e. The van der Waals surface area contributed by atoms with Gasteiger partial charge in [-0.1, -0.05) is 51.0 Å². The Bertz CT molecular complexity index is 344. The lowest BCUT2D eigenvalue weighted by Crippen LogP contribution is -2.26. The second-order valence-electron chi connectivity index (χ2n) is 6.26. The zero-order chi connectivity index (χ0) is 13.5. The highest BCUT2D eigenvalue weighted by Crippen LogP contribution is 2.16. The van der Waals surface area contributed by atoms with Gasteiger partial charge in [-0.3, -0.25) is 0 Å². The number of benzene rings is 1. The third-order valence-electron chi connectivity index (χ3n) is 4.28. The fourth-order valence-corrected chi connectivity index (χ4v) is 2.94. The highest BCUT2D eigenvalue weighted by Gasteiger charge is 2.08. The second-order valence-corrected chi connectivity index (χ2v) is 6.26. The predicted octanol–water partition coefficient (Wildman–Crippen LogP) is 4.62. The van der Waals surface area contributed by atoms with Gasteiger partial charge in [0.2, 0.25) is 0 Å². The third-order valence-corrected chi connectivity index (χ3v) is 4.28. The van der Waals surface area contributed by atoms with E-state index in [1.807, 2.05) is 0 Å². The quantitative estimate of drug-likeness (QED) is 0.746. The summed E-state index contributed by atoms with van der Waals surface area (Å²) >= 11 is 0. The van der Waals surface area contributed by atoms with Gasteiger partial charge < -0.3 is 4.90 Å². The van der Waals surface area contributed by atoms with E-state index in [4.69, 9.17) is 0 Å². The molecule has 0 bridgehead atoms. The molecular weight excluding hydrogens is 230 g/mol. The molecule has 1 aliphatic heterocycles. The molecule has 0 unspecified atom stereocenters. The van der Waals surface area contributed by atoms with E-state index in [-0.39, 0.29) is 0 Å². The van der Waals surface area contributed by atoms with E-state index in [9.17, 15) is 0 Å². The van der Waals surface area contributed by atoms with Crippen molar-refractivity contribution in [3.8, 4) is 0 Å². The molecule has 2 rings (SSSR count). The number of rotatable bonds is 5. The zero-order valence-corrected chi connectivity index (χ0v) is 12.7. The van der Waals surface area contributed by atoms with E-state index in [1.165, 1.54) is 69.3 Å². The van der Waals surface area contributed by atoms with Crippen LogP contribution >= 0.6 is 0 Å². The molecule has 0 radical (unpaired) electrons. The lowest BCUT2D eigenvalue weighted by molar-refractivity contribution is 0.281. The van der Waals surface area contributed by atoms with E-state index in [0.29, 0.717) is 5.92 Å². The smallest absolute Gasteiger partial charge is 0.00156 e. The lowest BCUT2D eigenvalue weighted by atomic mass is 10.0. The molecule has 19 heavy (non-hydrogen) atoms. The van der Waals surface area contributed by atoms with Crippen LogP contribution in [0.1, 0.15) is 63.0 Å². The molecule has 0 aromatic heterocycles. The van der Waals surface area contributed by atoms with Crippen molar-refractivity contribution in [1.29, 1.82) is 0 Å². The topological polar surface area (TPSA) is 3.24 Å². The fraction of sp³-hybridized carbons (Fsp3) is 0.667. The van der Waals surface area contributed by atoms with Crippen molar-refractivity contribution in [1.82, 2.24) is 4.90 Å². The first-order chi connectivity index (χ1) is 9.25. The maximum absolute atomic E-state index is 2.66. The Balaban J connectivity index is 1.72. The normalized spacial score (nSPS) is 17.6. The Kier molecular flexibility index (Phi) is 5.91. The molecule has 0 amide bonds. The zero-order valence-electron chi connectivity index (χ0n) is 12.7. The van der Waals surface area contributed by atoms with E-state index in [2.05, 4.69) is 43.0 Å². The Hall–Kier alpha value is -0.820. The van der Waals surface area contributed by atoms with Gasteiger partial charge in [-0.15, -0.1) is 0 Å². The van der Waals surface area contributed by atoms with E-state index < -0.39 is 0 Å². The molecular formula is C18H29N. The van der Waals surface area contributed by atoms with Gasteiger partial charge in [0.1, 0.15) is 0 Å². The summed E-state index contributed by atoms with van der Waals surface area (Å²) in [6.07, 6.45) is 8.22. The molecule has 0 atom stereocenters. The summed E-state index contributed by atoms with van der Waals surface area (Å²) in [5.74, 6) is 0.645. The van der Waals surface area contributed by atoms with Gasteiger partial charge in [-0.2, -0.15) is 0 Å². The Morgan fingerprint density at radius 3 is 2.16 bits per heavy atom. The van der Waals surface area contributed by atoms with E-state index >= 15 is 0 Å². The van der Waals surface area contributed by atoms with Gasteiger partial charge in [-0.05, 0) is 62.4 Å². The molecule has 1 aliphatic rings. The molecule has 1 aromatic rings. The number of hydrogen-bond acceptors (Lipinski definition) is 1. The Morgan fingerprint density at radius 1 is 0.947 bits per heavy atom. The summed E-state index contributed by atoms with van der Waals surface area (Å²) in [5.41, 5.74) is 2.95. The molecule has 1 saturated heterocycles. The summed E-state index contributed by atoms with van der Waals surface area (Å²) in [5, 5.41) is 0. The van der Waals surface area contributed by atoms with E-state index in [1.54, 1.807) is 0 Å². The molecule has 1 heteroatoms. The van der Waals surface area contributed by atoms with Crippen molar-refractivity contribution in [3.05, 3.63) is 35.4 Å². The van der Waals surface area contributed by atoms with Crippen molar-refractivity contribution >= 4 is 0 Å². The molecule has 0 saturated carbocycles. The van der Waals surface area contributed by atoms with Gasteiger partial charge in [0.05, 0.1) is 0 Å². The number of hydrogen-bond donors (Lipinski definition) is 0. The van der Waals surface area contributed by atoms with E-state index in [0.717, 1.165) is 0 Å². The van der Waals surface area contributed by atoms with Gasteiger partial charge in [0.25, 0.3) is 0 Å². The van der Waals surface area contributed by atoms with Gasteiger partial charge in [-0.25, -0.2) is 0 Å². The van der Waals surface area contributed by atoms with Crippen molar-refractivity contribution in [2.45, 2.75) is 58.3 Å². The average Bonchev–Trinajstić information content (AvgIpc) is 2.68. The summed E-state index contributed by atoms with van der Waals surface area (Å²) in [6.45, 7) is 8.45. The first kappa shape index (κ1) is 14.6. The van der Waals surface area contributed by atoms with Crippen molar-refractivity contribution in [2.75, 3.05) is 19.6 Å². The first-order valence-corrected chi connectivity index (χ1v) is 8.07. The highest BCUT2D eigenvalue weighted by molar-refractivity contribution is 5.24. The highest BCUT2D eigenvalue weighted by atomic mass is 15.1. The van der Waals surface area contributed by atoms with Crippen LogP contribution in [0.5, 0.6) is 0 Å². The molecule has 1 aromatic carbocycles. The molecule has 1 fully saturated rings. The Labute approximate surface area is 119 Å². The number of aryl methyl sites for hydroxylation is 1. The van der Waals surface area contributed by atoms with Crippen LogP contribution in [0.15, 0.2) is 24.3 Å². The summed E-state index contributed by atoms with van der Waals surface area (Å²) in [7, 11) is 0. The Morgan fingerprint density at radius 2 is 1.58 bits per heavy atom. The van der Waals surface area contributed by atoms with Crippen LogP contribution in [0, 0.1) is 0 Å². The van der Waals surface area contributed by atoms with Crippen molar-refractivity contribution in [3.63, 3.8) is 0 Å². The maximum Gasteiger partial charge on any atom is -0.00156 e. The first-order valence-electron chi connectivity index (χ1n) is 8.07. The standard InChI is InChI=1S/C18H29N/c1-16(2)18-11-9-17(10-12-18)8-7-15-19-13-5-3-4-6-14-19/h9-12,16H,3-8,13-15H2,1-2H3. The summed E-state index contributed by atoms with van der Waals surface area (Å²) < 4.78 is 0. The molecule has 0 spiro atoms. The second kappa shape index (κ2) is 7.69. The van der Waals surface area contributed by atoms with Crippen LogP contribution in [0.2, 0.25) is 0 Å². The molecule has 0 N–H and O–H groups in total. The van der Waals surface area contributed by atoms with Crippen LogP contribution in [0.3, 0.4) is 0 Å². The average molecular weight is 259 g/mol. The monoisotopic (exact) mass is 259 g/mol. The van der Waals surface area contributed by atoms with Crippen LogP contribution < -0.4 is 0 Å². The van der Waals surface area contributed by atoms with Crippen LogP contribution in [0.4, 0.5) is 0 Å². The fourth-order valence-electron chi connectivity index (χ4n) is 2.94. The molecule has 106 valence electrons. The van der Waals surface area contributed by atoms with Crippen molar-refractivity contribution in [2.24, 2.45) is 0 Å². The van der Waals surface area contributed by atoms with Gasteiger partial charge in [0, 0.05) is 0 Å². The van der Waals surface area contributed by atoms with Crippen LogP contribution in [-0.2, 0) is 6.42 Å². The SMILES string of the molecule is CC(C)c1ccc(CCCN2CCCCCC2)cc1. The molecule has 1 heterocycles. The minimum atomic E-state index is 0.645. The largest absolute Gasteiger partial charge is 0.303 e. The summed E-state index contributed by atoms with van der Waals surface area (Å²) in [6, 6.07) is 9.23. The predicted molar refractivity (Wildman–Crippen MR) is 83.8 cm³/mol. The number of nitrogens with zero attached hydrogens (tertiary/aromatic N) is 1. The van der Waals surface area contributed by atoms with Crippen LogP contribution in [-0.4, -0.2) is 24.5 Å². The van der Waals surface area contributed by atoms with Crippen LogP contribution in [0.25, 0.3) is 0 Å². The molecule has 0 aliphatic carbocycles. The van der Waals surface area contributed by atoms with Gasteiger partial charge in [0.15, 0.2) is 0 Å². The number of likely N-dealkylation sites (tertiary alicyclic amines) is 1. The molecule has 1 nitrogen and oxygen atoms in total.